The zero-order chi connectivity index (χ0) is 37.6. The molecule has 0 aliphatic carbocycles. The number of rotatable bonds is 0. The second-order valence-corrected chi connectivity index (χ2v) is 15.1. The van der Waals surface area contributed by atoms with Crippen LogP contribution in [0.3, 0.4) is 0 Å². The van der Waals surface area contributed by atoms with Crippen molar-refractivity contribution in [1.82, 2.24) is 41.9 Å². The first-order chi connectivity index (χ1) is 26.3. The van der Waals surface area contributed by atoms with Gasteiger partial charge in [0.15, 0.2) is 0 Å². The van der Waals surface area contributed by atoms with Crippen LogP contribution in [0.25, 0.3) is 0 Å². The SMILES string of the molecule is Cc1c2c(C)c3c(C)c1CNCc1cccc(n1)CNCc1c(C)c(c(C)c(c1C)CNC1C=CC=CC(=N1)CNC2)CNCc1cccc(n1)CNC3. The topological polar surface area (TPSA) is 110 Å². The van der Waals surface area contributed by atoms with Gasteiger partial charge < -0.3 is 26.6 Å². The third-order valence-corrected chi connectivity index (χ3v) is 11.7. The van der Waals surface area contributed by atoms with Crippen molar-refractivity contribution in [3.8, 4) is 0 Å². The molecule has 2 aromatic carbocycles. The molecule has 9 nitrogen and oxygen atoms in total. The summed E-state index contributed by atoms with van der Waals surface area (Å²) in [5, 5.41) is 22.6. The summed E-state index contributed by atoms with van der Waals surface area (Å²) in [6.45, 7) is 21.7. The fourth-order valence-corrected chi connectivity index (χ4v) is 8.43. The molecule has 1 atom stereocenters. The predicted octanol–water partition coefficient (Wildman–Crippen LogP) is 5.89. The van der Waals surface area contributed by atoms with E-state index in [4.69, 9.17) is 15.0 Å². The molecule has 7 rings (SSSR count). The summed E-state index contributed by atoms with van der Waals surface area (Å²) in [4.78, 5) is 15.3. The van der Waals surface area contributed by atoms with Gasteiger partial charge in [0.1, 0.15) is 6.17 Å². The van der Waals surface area contributed by atoms with Crippen molar-refractivity contribution in [2.45, 2.75) is 113 Å². The number of benzene rings is 2. The first-order valence-electron chi connectivity index (χ1n) is 19.6. The van der Waals surface area contributed by atoms with Crippen molar-refractivity contribution in [2.75, 3.05) is 6.54 Å². The van der Waals surface area contributed by atoms with Gasteiger partial charge in [0, 0.05) is 72.0 Å². The molecule has 54 heavy (non-hydrogen) atoms. The predicted molar refractivity (Wildman–Crippen MR) is 220 cm³/mol. The molecule has 282 valence electrons. The summed E-state index contributed by atoms with van der Waals surface area (Å²) in [5.41, 5.74) is 21.4. The lowest BCUT2D eigenvalue weighted by Gasteiger charge is -2.24. The van der Waals surface area contributed by atoms with Crippen LogP contribution in [0.15, 0.2) is 65.7 Å². The fraction of sp³-hybridized carbons (Fsp3) is 0.400. The summed E-state index contributed by atoms with van der Waals surface area (Å²) in [7, 11) is 0. The molecule has 4 aromatic rings. The Morgan fingerprint density at radius 2 is 0.778 bits per heavy atom. The lowest BCUT2D eigenvalue weighted by molar-refractivity contribution is 0.604. The first-order valence-corrected chi connectivity index (χ1v) is 19.6. The molecule has 0 amide bonds. The molecular formula is C45H57N9. The number of nitrogens with zero attached hydrogens (tertiary/aromatic N) is 3. The van der Waals surface area contributed by atoms with Crippen LogP contribution in [0.5, 0.6) is 0 Å². The van der Waals surface area contributed by atoms with E-state index in [1.807, 2.05) is 0 Å². The summed E-state index contributed by atoms with van der Waals surface area (Å²) < 4.78 is 0. The van der Waals surface area contributed by atoms with Gasteiger partial charge in [-0.3, -0.25) is 20.3 Å². The van der Waals surface area contributed by atoms with Gasteiger partial charge in [-0.2, -0.15) is 0 Å². The quantitative estimate of drug-likeness (QED) is 0.134. The Labute approximate surface area is 321 Å². The Morgan fingerprint density at radius 1 is 0.426 bits per heavy atom. The summed E-state index contributed by atoms with van der Waals surface area (Å²) in [5.74, 6) is 0. The van der Waals surface area contributed by atoms with E-state index in [9.17, 15) is 0 Å². The summed E-state index contributed by atoms with van der Waals surface area (Å²) >= 11 is 0. The normalized spacial score (nSPS) is 18.6. The number of hydrogen-bond donors (Lipinski definition) is 6. The van der Waals surface area contributed by atoms with E-state index in [1.165, 1.54) is 66.8 Å². The van der Waals surface area contributed by atoms with Crippen LogP contribution in [0.1, 0.15) is 89.5 Å². The number of aliphatic imine (C=N–C) groups is 1. The highest BCUT2D eigenvalue weighted by molar-refractivity contribution is 5.97. The van der Waals surface area contributed by atoms with Gasteiger partial charge in [-0.1, -0.05) is 24.3 Å². The molecule has 5 heterocycles. The highest BCUT2D eigenvalue weighted by Gasteiger charge is 2.20. The maximum absolute atomic E-state index is 5.19. The molecular weight excluding hydrogens is 667 g/mol. The lowest BCUT2D eigenvalue weighted by Crippen LogP contribution is -2.30. The van der Waals surface area contributed by atoms with Crippen molar-refractivity contribution < 1.29 is 0 Å². The van der Waals surface area contributed by atoms with Crippen LogP contribution in [-0.4, -0.2) is 28.4 Å². The van der Waals surface area contributed by atoms with Gasteiger partial charge in [0.05, 0.1) is 28.5 Å². The average Bonchev–Trinajstić information content (AvgIpc) is 3.40. The first kappa shape index (κ1) is 37.9. The van der Waals surface area contributed by atoms with Crippen LogP contribution in [0, 0.1) is 41.5 Å². The van der Waals surface area contributed by atoms with Gasteiger partial charge >= 0.3 is 0 Å². The fourth-order valence-electron chi connectivity index (χ4n) is 8.43. The van der Waals surface area contributed by atoms with E-state index < -0.39 is 0 Å². The van der Waals surface area contributed by atoms with Crippen molar-refractivity contribution in [3.05, 3.63) is 150 Å². The minimum Gasteiger partial charge on any atom is -0.307 e. The zero-order valence-electron chi connectivity index (χ0n) is 33.0. The monoisotopic (exact) mass is 723 g/mol. The molecule has 0 radical (unpaired) electrons. The smallest absolute Gasteiger partial charge is 0.119 e. The van der Waals surface area contributed by atoms with E-state index in [0.717, 1.165) is 67.8 Å². The number of allylic oxidation sites excluding steroid dienone is 2. The largest absolute Gasteiger partial charge is 0.307 e. The standard InChI is InChI=1S/C45H57N9/c1-28-39-22-46-17-34-12-9-14-36(52-34)19-48-25-42-31(4)43-26-49-20-37-15-10-13-35(53-37)18-47-23-40(28)30(3)41(29(39)2)24-50-21-38-11-7-8-16-45(54-38)51-27-44(32(42)5)33(43)6/h7-16,45-51H,17-27H2,1-6H3. The van der Waals surface area contributed by atoms with Crippen molar-refractivity contribution in [2.24, 2.45) is 4.99 Å². The molecule has 3 aliphatic heterocycles. The third kappa shape index (κ3) is 8.62. The second-order valence-electron chi connectivity index (χ2n) is 15.1. The van der Waals surface area contributed by atoms with E-state index >= 15 is 0 Å². The minimum absolute atomic E-state index is 0.127. The van der Waals surface area contributed by atoms with Crippen LogP contribution in [0.4, 0.5) is 0 Å². The summed E-state index contributed by atoms with van der Waals surface area (Å²) in [6.07, 6.45) is 8.39. The maximum Gasteiger partial charge on any atom is 0.119 e. The number of nitrogens with one attached hydrogen (secondary N) is 6. The van der Waals surface area contributed by atoms with Crippen molar-refractivity contribution >= 4 is 5.71 Å². The third-order valence-electron chi connectivity index (χ3n) is 11.7. The van der Waals surface area contributed by atoms with Crippen LogP contribution >= 0.6 is 0 Å². The highest BCUT2D eigenvalue weighted by atomic mass is 15.1. The average molecular weight is 724 g/mol. The van der Waals surface area contributed by atoms with Gasteiger partial charge in [-0.25, -0.2) is 0 Å². The number of pyridine rings is 2. The Hall–Kier alpha value is -4.35. The van der Waals surface area contributed by atoms with Gasteiger partial charge in [-0.15, -0.1) is 0 Å². The van der Waals surface area contributed by atoms with E-state index in [0.29, 0.717) is 32.7 Å². The molecule has 0 spiro atoms. The molecule has 0 saturated carbocycles. The van der Waals surface area contributed by atoms with Crippen molar-refractivity contribution in [1.29, 1.82) is 0 Å². The maximum atomic E-state index is 5.19. The Balaban J connectivity index is 1.33. The molecule has 0 saturated heterocycles. The molecule has 3 aliphatic rings. The van der Waals surface area contributed by atoms with Crippen LogP contribution in [0.2, 0.25) is 0 Å². The number of aromatic nitrogens is 2. The highest BCUT2D eigenvalue weighted by Crippen LogP contribution is 2.29. The van der Waals surface area contributed by atoms with Crippen LogP contribution in [-0.2, 0) is 65.4 Å². The minimum atomic E-state index is -0.127. The molecule has 9 heteroatoms. The van der Waals surface area contributed by atoms with E-state index in [-0.39, 0.29) is 6.17 Å². The molecule has 1 unspecified atom stereocenters. The van der Waals surface area contributed by atoms with Gasteiger partial charge in [-0.05, 0) is 145 Å². The lowest BCUT2D eigenvalue weighted by atomic mass is 9.87. The molecule has 6 N–H and O–H groups in total. The molecule has 0 fully saturated rings. The van der Waals surface area contributed by atoms with E-state index in [1.54, 1.807) is 0 Å². The Morgan fingerprint density at radius 3 is 1.17 bits per heavy atom. The Bertz CT molecular complexity index is 1980. The van der Waals surface area contributed by atoms with E-state index in [2.05, 4.69) is 134 Å². The van der Waals surface area contributed by atoms with Crippen molar-refractivity contribution in [3.63, 3.8) is 0 Å². The Kier molecular flexibility index (Phi) is 12.2. The zero-order valence-corrected chi connectivity index (χ0v) is 33.0. The van der Waals surface area contributed by atoms with Gasteiger partial charge in [0.25, 0.3) is 0 Å². The van der Waals surface area contributed by atoms with Crippen LogP contribution < -0.4 is 31.9 Å². The van der Waals surface area contributed by atoms with Gasteiger partial charge in [0.2, 0.25) is 0 Å². The molecule has 12 bridgehead atoms. The summed E-state index contributed by atoms with van der Waals surface area (Å²) in [6, 6.07) is 12.8. The second kappa shape index (κ2) is 17.4. The number of fused-ring (bicyclic) bond motifs is 11. The molecule has 2 aromatic heterocycles. The number of hydrogen-bond acceptors (Lipinski definition) is 9.